The fraction of sp³-hybridized carbons (Fsp3) is 0.250. The summed E-state index contributed by atoms with van der Waals surface area (Å²) >= 11 is 12.0. The first-order valence-corrected chi connectivity index (χ1v) is 7.34. The van der Waals surface area contributed by atoms with Gasteiger partial charge >= 0.3 is 0 Å². The van der Waals surface area contributed by atoms with Gasteiger partial charge in [-0.05, 0) is 24.6 Å². The summed E-state index contributed by atoms with van der Waals surface area (Å²) in [6.07, 6.45) is -0.498. The third-order valence-corrected chi connectivity index (χ3v) is 3.95. The molecule has 20 heavy (non-hydrogen) atoms. The van der Waals surface area contributed by atoms with Crippen molar-refractivity contribution in [3.63, 3.8) is 0 Å². The molecule has 0 bridgehead atoms. The maximum absolute atomic E-state index is 10.3. The Bertz CT molecular complexity index is 560. The van der Waals surface area contributed by atoms with Gasteiger partial charge in [0, 0.05) is 10.6 Å². The van der Waals surface area contributed by atoms with Crippen LogP contribution in [-0.4, -0.2) is 11.1 Å². The van der Waals surface area contributed by atoms with E-state index in [0.717, 1.165) is 11.1 Å². The van der Waals surface area contributed by atoms with Crippen LogP contribution in [0.3, 0.4) is 0 Å². The molecule has 0 aliphatic rings. The number of hydrogen-bond donors (Lipinski definition) is 2. The van der Waals surface area contributed by atoms with Crippen LogP contribution < -0.4 is 5.32 Å². The van der Waals surface area contributed by atoms with Crippen molar-refractivity contribution in [1.29, 1.82) is 0 Å². The zero-order valence-corrected chi connectivity index (χ0v) is 12.8. The van der Waals surface area contributed by atoms with E-state index in [2.05, 4.69) is 5.32 Å². The molecule has 2 atom stereocenters. The molecule has 2 aromatic rings. The van der Waals surface area contributed by atoms with E-state index in [1.54, 1.807) is 6.07 Å². The molecule has 0 fully saturated rings. The van der Waals surface area contributed by atoms with Crippen LogP contribution in [0.1, 0.15) is 24.2 Å². The van der Waals surface area contributed by atoms with Crippen molar-refractivity contribution < 1.29 is 10.4 Å². The lowest BCUT2D eigenvalue weighted by atomic mass is 10.0. The third kappa shape index (κ3) is 3.97. The average molecular weight is 311 g/mol. The van der Waals surface area contributed by atoms with Crippen LogP contribution in [0.15, 0.2) is 48.5 Å². The van der Waals surface area contributed by atoms with Crippen LogP contribution >= 0.6 is 23.2 Å². The maximum Gasteiger partial charge on any atom is 0.130 e. The van der Waals surface area contributed by atoms with Gasteiger partial charge in [-0.25, -0.2) is 0 Å². The summed E-state index contributed by atoms with van der Waals surface area (Å²) in [4.78, 5) is 0. The molecular formula is C16H18Cl2NO+. The number of hydrogen-bond acceptors (Lipinski definition) is 1. The fourth-order valence-electron chi connectivity index (χ4n) is 2.08. The first-order chi connectivity index (χ1) is 9.58. The first kappa shape index (κ1) is 15.3. The standard InChI is InChI=1S/C16H17Cl2NO/c1-11(16(20)12-5-3-2-4-6-12)19-10-13-7-8-14(17)9-15(13)18/h2-9,11,16,19-20H,10H2,1H3/p+1/t11-,16-/m0/s1. The van der Waals surface area contributed by atoms with Crippen LogP contribution in [0.5, 0.6) is 0 Å². The minimum Gasteiger partial charge on any atom is -0.382 e. The van der Waals surface area contributed by atoms with Crippen molar-refractivity contribution >= 4 is 23.2 Å². The molecule has 0 saturated heterocycles. The zero-order valence-electron chi connectivity index (χ0n) is 11.3. The van der Waals surface area contributed by atoms with Crippen molar-refractivity contribution in [3.8, 4) is 0 Å². The highest BCUT2D eigenvalue weighted by molar-refractivity contribution is 6.35. The minimum absolute atomic E-state index is 0.0455. The van der Waals surface area contributed by atoms with Gasteiger partial charge in [0.25, 0.3) is 0 Å². The molecule has 4 heteroatoms. The molecule has 0 radical (unpaired) electrons. The highest BCUT2D eigenvalue weighted by Crippen LogP contribution is 2.20. The predicted octanol–water partition coefficient (Wildman–Crippen LogP) is 3.18. The van der Waals surface area contributed by atoms with Crippen LogP contribution in [0, 0.1) is 0 Å². The van der Waals surface area contributed by atoms with Gasteiger partial charge in [0.05, 0.1) is 5.02 Å². The number of benzene rings is 2. The van der Waals surface area contributed by atoms with Crippen LogP contribution in [0.25, 0.3) is 0 Å². The van der Waals surface area contributed by atoms with Gasteiger partial charge in [0.2, 0.25) is 0 Å². The SMILES string of the molecule is C[C@H]([NH2+]Cc1ccc(Cl)cc1Cl)[C@H](O)c1ccccc1. The van der Waals surface area contributed by atoms with Gasteiger partial charge in [-0.15, -0.1) is 0 Å². The van der Waals surface area contributed by atoms with Gasteiger partial charge in [-0.2, -0.15) is 0 Å². The number of quaternary nitrogens is 1. The molecule has 0 saturated carbocycles. The molecular weight excluding hydrogens is 293 g/mol. The van der Waals surface area contributed by atoms with E-state index in [4.69, 9.17) is 23.2 Å². The summed E-state index contributed by atoms with van der Waals surface area (Å²) in [5.41, 5.74) is 1.95. The summed E-state index contributed by atoms with van der Waals surface area (Å²) in [6, 6.07) is 15.2. The molecule has 0 aromatic heterocycles. The Hall–Kier alpha value is -1.06. The summed E-state index contributed by atoms with van der Waals surface area (Å²) in [7, 11) is 0. The number of halogens is 2. The summed E-state index contributed by atoms with van der Waals surface area (Å²) < 4.78 is 0. The van der Waals surface area contributed by atoms with E-state index >= 15 is 0 Å². The van der Waals surface area contributed by atoms with Crippen LogP contribution in [0.4, 0.5) is 0 Å². The average Bonchev–Trinajstić information content (AvgIpc) is 2.46. The Balaban J connectivity index is 1.96. The topological polar surface area (TPSA) is 36.8 Å². The summed E-state index contributed by atoms with van der Waals surface area (Å²) in [6.45, 7) is 2.71. The van der Waals surface area contributed by atoms with Crippen molar-refractivity contribution in [3.05, 3.63) is 69.7 Å². The van der Waals surface area contributed by atoms with Crippen molar-refractivity contribution in [2.75, 3.05) is 0 Å². The van der Waals surface area contributed by atoms with Gasteiger partial charge < -0.3 is 10.4 Å². The largest absolute Gasteiger partial charge is 0.382 e. The Labute approximate surface area is 129 Å². The van der Waals surface area contributed by atoms with Crippen molar-refractivity contribution in [1.82, 2.24) is 0 Å². The molecule has 2 nitrogen and oxygen atoms in total. The summed E-state index contributed by atoms with van der Waals surface area (Å²) in [5, 5.41) is 13.7. The Morgan fingerprint density at radius 1 is 1.10 bits per heavy atom. The normalized spacial score (nSPS) is 14.0. The second kappa shape index (κ2) is 7.09. The number of nitrogens with two attached hydrogens (primary N) is 1. The van der Waals surface area contributed by atoms with Crippen LogP contribution in [0.2, 0.25) is 10.0 Å². The van der Waals surface area contributed by atoms with Crippen LogP contribution in [-0.2, 0) is 6.54 Å². The number of rotatable bonds is 5. The zero-order chi connectivity index (χ0) is 14.5. The van der Waals surface area contributed by atoms with E-state index in [-0.39, 0.29) is 6.04 Å². The molecule has 0 aliphatic carbocycles. The maximum atomic E-state index is 10.3. The Kier molecular flexibility index (Phi) is 5.44. The highest BCUT2D eigenvalue weighted by atomic mass is 35.5. The lowest BCUT2D eigenvalue weighted by Gasteiger charge is -2.18. The second-order valence-corrected chi connectivity index (χ2v) is 5.73. The quantitative estimate of drug-likeness (QED) is 0.874. The van der Waals surface area contributed by atoms with Crippen molar-refractivity contribution in [2.45, 2.75) is 25.6 Å². The first-order valence-electron chi connectivity index (χ1n) is 6.58. The number of aliphatic hydroxyl groups is 1. The lowest BCUT2D eigenvalue weighted by molar-refractivity contribution is -0.709. The molecule has 0 heterocycles. The van der Waals surface area contributed by atoms with Gasteiger partial charge in [0.15, 0.2) is 0 Å². The van der Waals surface area contributed by atoms with Crippen molar-refractivity contribution in [2.24, 2.45) is 0 Å². The molecule has 3 N–H and O–H groups in total. The predicted molar refractivity (Wildman–Crippen MR) is 83.0 cm³/mol. The Morgan fingerprint density at radius 2 is 1.80 bits per heavy atom. The third-order valence-electron chi connectivity index (χ3n) is 3.36. The molecule has 2 aromatic carbocycles. The van der Waals surface area contributed by atoms with Gasteiger partial charge in [-0.3, -0.25) is 0 Å². The molecule has 0 amide bonds. The van der Waals surface area contributed by atoms with E-state index in [0.29, 0.717) is 16.6 Å². The van der Waals surface area contributed by atoms with E-state index in [1.807, 2.05) is 49.4 Å². The fourth-order valence-corrected chi connectivity index (χ4v) is 2.57. The molecule has 0 aliphatic heterocycles. The van der Waals surface area contributed by atoms with Gasteiger partial charge in [0.1, 0.15) is 18.7 Å². The van der Waals surface area contributed by atoms with E-state index < -0.39 is 6.10 Å². The Morgan fingerprint density at radius 3 is 2.45 bits per heavy atom. The lowest BCUT2D eigenvalue weighted by Crippen LogP contribution is -2.89. The number of aliphatic hydroxyl groups excluding tert-OH is 1. The van der Waals surface area contributed by atoms with E-state index in [1.165, 1.54) is 0 Å². The minimum atomic E-state index is -0.498. The highest BCUT2D eigenvalue weighted by Gasteiger charge is 2.19. The molecule has 2 rings (SSSR count). The molecule has 106 valence electrons. The summed E-state index contributed by atoms with van der Waals surface area (Å²) in [5.74, 6) is 0. The monoisotopic (exact) mass is 310 g/mol. The second-order valence-electron chi connectivity index (χ2n) is 4.89. The van der Waals surface area contributed by atoms with E-state index in [9.17, 15) is 5.11 Å². The molecule has 0 spiro atoms. The van der Waals surface area contributed by atoms with Gasteiger partial charge in [-0.1, -0.05) is 59.6 Å². The molecule has 0 unspecified atom stereocenters. The smallest absolute Gasteiger partial charge is 0.130 e.